The standard InChI is InChI=1S/C72H54N4O/c1-44(2)48-30-34-56-60-25-14-26-62-59-37-33-51(42-68(59)76(70(60)62)72-63(28-16-38-73-72)57-35-31-49(45(3)4)40-65(57)64(56)39-48)77-50-32-36-58-54-21-11-12-22-55(54)61-27-15-29-66-71(61)75(67(58)41-50)43-74(66)69-52(46-17-7-5-8-18-46)23-13-24-53(69)47-19-9-6-10-20-47/h5-42,44-45H,43H2,1-4H3. The molecule has 0 aliphatic carbocycles. The smallest absolute Gasteiger partial charge is 0.145 e. The molecule has 0 spiro atoms. The van der Waals surface area contributed by atoms with Gasteiger partial charge in [-0.25, -0.2) is 4.98 Å². The lowest BCUT2D eigenvalue weighted by atomic mass is 9.93. The molecule has 368 valence electrons. The maximum absolute atomic E-state index is 7.17. The van der Waals surface area contributed by atoms with E-state index in [2.05, 4.69) is 266 Å². The molecular weight excluding hydrogens is 937 g/mol. The van der Waals surface area contributed by atoms with Crippen LogP contribution in [-0.2, 0) is 0 Å². The molecule has 3 aromatic heterocycles. The summed E-state index contributed by atoms with van der Waals surface area (Å²) in [5, 5.41) is 9.46. The van der Waals surface area contributed by atoms with Crippen molar-refractivity contribution in [2.45, 2.75) is 39.5 Å². The Morgan fingerprint density at radius 1 is 0.377 bits per heavy atom. The zero-order valence-corrected chi connectivity index (χ0v) is 43.5. The van der Waals surface area contributed by atoms with Crippen molar-refractivity contribution in [3.05, 3.63) is 242 Å². The Hall–Kier alpha value is -9.45. The van der Waals surface area contributed by atoms with Gasteiger partial charge in [-0.15, -0.1) is 0 Å². The minimum absolute atomic E-state index is 0.377. The molecule has 15 rings (SSSR count). The largest absolute Gasteiger partial charge is 0.457 e. The molecule has 5 nitrogen and oxygen atoms in total. The lowest BCUT2D eigenvalue weighted by Crippen LogP contribution is -2.25. The van der Waals surface area contributed by atoms with E-state index >= 15 is 0 Å². The van der Waals surface area contributed by atoms with Crippen molar-refractivity contribution in [2.24, 2.45) is 0 Å². The zero-order chi connectivity index (χ0) is 51.5. The van der Waals surface area contributed by atoms with Crippen molar-refractivity contribution in [2.75, 3.05) is 16.5 Å². The Balaban J connectivity index is 0.928. The van der Waals surface area contributed by atoms with Crippen LogP contribution in [0.3, 0.4) is 0 Å². The van der Waals surface area contributed by atoms with Gasteiger partial charge in [0, 0.05) is 62.1 Å². The Morgan fingerprint density at radius 2 is 0.909 bits per heavy atom. The van der Waals surface area contributed by atoms with Crippen LogP contribution in [0.1, 0.15) is 50.7 Å². The van der Waals surface area contributed by atoms with E-state index in [4.69, 9.17) is 9.72 Å². The molecule has 0 N–H and O–H groups in total. The van der Waals surface area contributed by atoms with Crippen LogP contribution in [-0.4, -0.2) is 16.1 Å². The van der Waals surface area contributed by atoms with Crippen LogP contribution < -0.4 is 14.5 Å². The number of fused-ring (bicyclic) bond motifs is 15. The Labute approximate surface area is 448 Å². The number of aromatic nitrogens is 2. The van der Waals surface area contributed by atoms with Gasteiger partial charge >= 0.3 is 0 Å². The quantitative estimate of drug-likeness (QED) is 0.159. The van der Waals surface area contributed by atoms with Crippen LogP contribution in [0, 0.1) is 0 Å². The highest BCUT2D eigenvalue weighted by atomic mass is 16.5. The van der Waals surface area contributed by atoms with Crippen LogP contribution >= 0.6 is 0 Å². The summed E-state index contributed by atoms with van der Waals surface area (Å²) in [7, 11) is 0. The summed E-state index contributed by atoms with van der Waals surface area (Å²) >= 11 is 0. The first-order chi connectivity index (χ1) is 37.9. The summed E-state index contributed by atoms with van der Waals surface area (Å²) in [6.45, 7) is 9.74. The topological polar surface area (TPSA) is 33.0 Å². The summed E-state index contributed by atoms with van der Waals surface area (Å²) in [5.41, 5.74) is 19.9. The molecule has 2 aliphatic heterocycles. The molecule has 2 aliphatic rings. The number of rotatable bonds is 7. The van der Waals surface area contributed by atoms with Gasteiger partial charge in [-0.3, -0.25) is 4.40 Å². The molecule has 13 aromatic rings. The summed E-state index contributed by atoms with van der Waals surface area (Å²) in [6, 6.07) is 82.5. The fraction of sp³-hybridized carbons (Fsp3) is 0.0972. The number of nitrogens with zero attached hydrogens (tertiary/aromatic N) is 4. The minimum atomic E-state index is 0.377. The molecule has 0 bridgehead atoms. The molecule has 5 heteroatoms. The summed E-state index contributed by atoms with van der Waals surface area (Å²) in [4.78, 5) is 10.3. The van der Waals surface area contributed by atoms with Gasteiger partial charge in [-0.2, -0.15) is 0 Å². The van der Waals surface area contributed by atoms with Crippen LogP contribution in [0.5, 0.6) is 11.5 Å². The zero-order valence-electron chi connectivity index (χ0n) is 43.5. The average molecular weight is 991 g/mol. The molecule has 0 fully saturated rings. The minimum Gasteiger partial charge on any atom is -0.457 e. The van der Waals surface area contributed by atoms with E-state index in [1.54, 1.807) is 0 Å². The predicted octanol–water partition coefficient (Wildman–Crippen LogP) is 19.9. The van der Waals surface area contributed by atoms with E-state index in [0.717, 1.165) is 50.2 Å². The second-order valence-electron chi connectivity index (χ2n) is 21.4. The summed E-state index contributed by atoms with van der Waals surface area (Å²) in [6.07, 6.45) is 1.93. The van der Waals surface area contributed by atoms with Crippen LogP contribution in [0.2, 0.25) is 0 Å². The van der Waals surface area contributed by atoms with Gasteiger partial charge < -0.3 is 14.5 Å². The van der Waals surface area contributed by atoms with Gasteiger partial charge in [0.2, 0.25) is 0 Å². The van der Waals surface area contributed by atoms with Crippen molar-refractivity contribution in [3.8, 4) is 56.0 Å². The Morgan fingerprint density at radius 3 is 1.60 bits per heavy atom. The normalized spacial score (nSPS) is 12.8. The monoisotopic (exact) mass is 990 g/mol. The number of ether oxygens (including phenoxy) is 1. The van der Waals surface area contributed by atoms with E-state index in [0.29, 0.717) is 18.5 Å². The number of hydrogen-bond acceptors (Lipinski definition) is 4. The lowest BCUT2D eigenvalue weighted by molar-refractivity contribution is 0.483. The SMILES string of the molecule is CC(C)c1ccc2c(c1)c1cc(C(C)C)ccc1c1cccc3c4ccc(Oc5ccc6c(c5)N5CN(c7c(-c8ccccc8)cccc7-c7ccccc7)c7cccc(c75)-c5ccccc5-6)cc4n(c4ncccc24)c13. The average Bonchev–Trinajstić information content (AvgIpc) is 4.17. The molecule has 0 atom stereocenters. The molecular formula is C72H54N4O. The highest BCUT2D eigenvalue weighted by molar-refractivity contribution is 6.25. The van der Waals surface area contributed by atoms with Crippen LogP contribution in [0.15, 0.2) is 231 Å². The van der Waals surface area contributed by atoms with Gasteiger partial charge in [0.15, 0.2) is 0 Å². The summed E-state index contributed by atoms with van der Waals surface area (Å²) < 4.78 is 9.57. The predicted molar refractivity (Wildman–Crippen MR) is 324 cm³/mol. The van der Waals surface area contributed by atoms with Crippen molar-refractivity contribution >= 4 is 82.5 Å². The third-order valence-electron chi connectivity index (χ3n) is 16.4. The van der Waals surface area contributed by atoms with Crippen molar-refractivity contribution in [3.63, 3.8) is 0 Å². The first kappa shape index (κ1) is 45.0. The second kappa shape index (κ2) is 17.6. The number of pyridine rings is 1. The van der Waals surface area contributed by atoms with Crippen molar-refractivity contribution in [1.82, 2.24) is 9.38 Å². The maximum atomic E-state index is 7.17. The van der Waals surface area contributed by atoms with E-state index in [1.165, 1.54) is 99.5 Å². The number of para-hydroxylation sites is 3. The third-order valence-corrected chi connectivity index (χ3v) is 16.4. The molecule has 77 heavy (non-hydrogen) atoms. The van der Waals surface area contributed by atoms with E-state index in [1.807, 2.05) is 6.20 Å². The lowest BCUT2D eigenvalue weighted by Gasteiger charge is -2.28. The fourth-order valence-electron chi connectivity index (χ4n) is 12.7. The van der Waals surface area contributed by atoms with Crippen molar-refractivity contribution < 1.29 is 4.74 Å². The van der Waals surface area contributed by atoms with E-state index in [9.17, 15) is 0 Å². The second-order valence-corrected chi connectivity index (χ2v) is 21.4. The van der Waals surface area contributed by atoms with Gasteiger partial charge in [-0.05, 0) is 109 Å². The van der Waals surface area contributed by atoms with Crippen molar-refractivity contribution in [1.29, 1.82) is 0 Å². The number of hydrogen-bond donors (Lipinski definition) is 0. The molecule has 10 aromatic carbocycles. The first-order valence-electron chi connectivity index (χ1n) is 27.0. The number of anilines is 4. The van der Waals surface area contributed by atoms with Crippen LogP contribution in [0.25, 0.3) is 104 Å². The highest BCUT2D eigenvalue weighted by Crippen LogP contribution is 2.58. The Bertz CT molecular complexity index is 4530. The van der Waals surface area contributed by atoms with Gasteiger partial charge in [0.1, 0.15) is 23.8 Å². The van der Waals surface area contributed by atoms with Gasteiger partial charge in [0.05, 0.1) is 33.8 Å². The third kappa shape index (κ3) is 7.03. The maximum Gasteiger partial charge on any atom is 0.145 e. The molecule has 0 amide bonds. The molecule has 0 radical (unpaired) electrons. The van der Waals surface area contributed by atoms with Gasteiger partial charge in [0.25, 0.3) is 0 Å². The first-order valence-corrected chi connectivity index (χ1v) is 27.0. The van der Waals surface area contributed by atoms with Gasteiger partial charge in [-0.1, -0.05) is 198 Å². The molecule has 0 saturated heterocycles. The summed E-state index contributed by atoms with van der Waals surface area (Å²) in [5.74, 6) is 2.27. The molecule has 5 heterocycles. The van der Waals surface area contributed by atoms with Crippen LogP contribution in [0.4, 0.5) is 22.7 Å². The fourth-order valence-corrected chi connectivity index (χ4v) is 12.7. The molecule has 0 saturated carbocycles. The Kier molecular flexibility index (Phi) is 10.3. The van der Waals surface area contributed by atoms with E-state index in [-0.39, 0.29) is 0 Å². The van der Waals surface area contributed by atoms with E-state index < -0.39 is 0 Å². The highest BCUT2D eigenvalue weighted by Gasteiger charge is 2.37. The molecule has 0 unspecified atom stereocenters. The number of benzene rings is 10.